The van der Waals surface area contributed by atoms with Crippen LogP contribution in [0, 0.1) is 0 Å². The first-order valence-corrected chi connectivity index (χ1v) is 8.99. The number of amides is 2. The first-order chi connectivity index (χ1) is 12.8. The molecule has 0 saturated carbocycles. The Morgan fingerprint density at radius 1 is 1.22 bits per heavy atom. The average Bonchev–Trinajstić information content (AvgIpc) is 2.63. The van der Waals surface area contributed by atoms with Gasteiger partial charge in [-0.05, 0) is 42.3 Å². The molecule has 0 aliphatic rings. The lowest BCUT2D eigenvalue weighted by Crippen LogP contribution is -2.38. The Kier molecular flexibility index (Phi) is 7.68. The monoisotopic (exact) mass is 416 g/mol. The Bertz CT molecular complexity index is 790. The minimum Gasteiger partial charge on any atom is -0.488 e. The molecule has 0 aliphatic heterocycles. The molecule has 27 heavy (non-hydrogen) atoms. The van der Waals surface area contributed by atoms with Gasteiger partial charge in [0.1, 0.15) is 12.4 Å². The van der Waals surface area contributed by atoms with Crippen LogP contribution in [0.25, 0.3) is 0 Å². The van der Waals surface area contributed by atoms with Gasteiger partial charge in [0.05, 0.1) is 6.04 Å². The Morgan fingerprint density at radius 3 is 2.63 bits per heavy atom. The number of ether oxygens (including phenoxy) is 1. The first kappa shape index (κ1) is 21.3. The first-order valence-electron chi connectivity index (χ1n) is 8.23. The Labute approximate surface area is 167 Å². The highest BCUT2D eigenvalue weighted by atomic mass is 35.5. The van der Waals surface area contributed by atoms with Crippen LogP contribution in [0.15, 0.2) is 42.5 Å². The molecule has 2 aromatic rings. The van der Waals surface area contributed by atoms with Crippen molar-refractivity contribution in [1.82, 2.24) is 10.2 Å². The van der Waals surface area contributed by atoms with E-state index in [2.05, 4.69) is 5.32 Å². The number of alkyl halides is 2. The number of hydrogen-bond donors (Lipinski definition) is 1. The van der Waals surface area contributed by atoms with Crippen molar-refractivity contribution in [3.05, 3.63) is 63.6 Å². The number of hydrogen-bond acceptors (Lipinski definition) is 2. The van der Waals surface area contributed by atoms with E-state index in [4.69, 9.17) is 27.9 Å². The van der Waals surface area contributed by atoms with Crippen LogP contribution in [-0.4, -0.2) is 31.0 Å². The molecule has 0 aromatic heterocycles. The van der Waals surface area contributed by atoms with Crippen molar-refractivity contribution in [3.63, 3.8) is 0 Å². The van der Waals surface area contributed by atoms with Crippen LogP contribution in [0.4, 0.5) is 13.6 Å². The van der Waals surface area contributed by atoms with E-state index in [0.717, 1.165) is 11.1 Å². The highest BCUT2D eigenvalue weighted by molar-refractivity contribution is 6.35. The van der Waals surface area contributed by atoms with Gasteiger partial charge in [-0.1, -0.05) is 41.4 Å². The molecule has 4 nitrogen and oxygen atoms in total. The summed E-state index contributed by atoms with van der Waals surface area (Å²) in [5.41, 5.74) is 1.52. The lowest BCUT2D eigenvalue weighted by molar-refractivity contribution is 0.0818. The molecule has 0 radical (unpaired) electrons. The molecule has 2 amide bonds. The van der Waals surface area contributed by atoms with Crippen molar-refractivity contribution in [2.75, 3.05) is 13.7 Å². The number of carbonyl (C=O) groups excluding carboxylic acids is 1. The number of halogens is 4. The molecule has 0 spiro atoms. The van der Waals surface area contributed by atoms with Crippen LogP contribution in [0.3, 0.4) is 0 Å². The van der Waals surface area contributed by atoms with Crippen LogP contribution >= 0.6 is 23.2 Å². The van der Waals surface area contributed by atoms with Gasteiger partial charge in [-0.2, -0.15) is 0 Å². The molecule has 1 N–H and O–H groups in total. The summed E-state index contributed by atoms with van der Waals surface area (Å²) in [5.74, 6) is 0.330. The smallest absolute Gasteiger partial charge is 0.317 e. The second kappa shape index (κ2) is 9.76. The van der Waals surface area contributed by atoms with Crippen LogP contribution < -0.4 is 10.1 Å². The standard InChI is InChI=1S/C19H20Cl2F2N2O2/c1-12(16-7-6-14(20)9-17(16)21)25(2)19(26)24-10-13-4-3-5-15(8-13)27-11-18(22)23/h3-9,12,18H,10-11H2,1-2H3,(H,24,26). The van der Waals surface area contributed by atoms with Gasteiger partial charge in [-0.25, -0.2) is 13.6 Å². The van der Waals surface area contributed by atoms with E-state index >= 15 is 0 Å². The van der Waals surface area contributed by atoms with Crippen molar-refractivity contribution < 1.29 is 18.3 Å². The van der Waals surface area contributed by atoms with E-state index in [-0.39, 0.29) is 18.6 Å². The Hall–Kier alpha value is -2.05. The normalized spacial score (nSPS) is 12.0. The minimum absolute atomic E-state index is 0.232. The van der Waals surface area contributed by atoms with E-state index in [1.165, 1.54) is 4.90 Å². The number of nitrogens with zero attached hydrogens (tertiary/aromatic N) is 1. The SMILES string of the molecule is CC(c1ccc(Cl)cc1Cl)N(C)C(=O)NCc1cccc(OCC(F)F)c1. The number of carbonyl (C=O) groups is 1. The van der Waals surface area contributed by atoms with Crippen LogP contribution in [0.2, 0.25) is 10.0 Å². The zero-order valence-electron chi connectivity index (χ0n) is 14.9. The quantitative estimate of drug-likeness (QED) is 0.643. The third-order valence-corrected chi connectivity index (χ3v) is 4.59. The molecular weight excluding hydrogens is 397 g/mol. The number of urea groups is 1. The fraction of sp³-hybridized carbons (Fsp3) is 0.316. The van der Waals surface area contributed by atoms with Crippen LogP contribution in [0.1, 0.15) is 24.1 Å². The fourth-order valence-corrected chi connectivity index (χ4v) is 3.00. The molecule has 1 atom stereocenters. The molecule has 1 unspecified atom stereocenters. The third-order valence-electron chi connectivity index (χ3n) is 4.03. The van der Waals surface area contributed by atoms with E-state index < -0.39 is 13.0 Å². The lowest BCUT2D eigenvalue weighted by atomic mass is 10.1. The van der Waals surface area contributed by atoms with Gasteiger partial charge in [0.2, 0.25) is 0 Å². The predicted octanol–water partition coefficient (Wildman–Crippen LogP) is 5.54. The van der Waals surface area contributed by atoms with Gasteiger partial charge < -0.3 is 15.0 Å². The summed E-state index contributed by atoms with van der Waals surface area (Å²) in [6, 6.07) is 11.2. The molecule has 2 rings (SSSR count). The lowest BCUT2D eigenvalue weighted by Gasteiger charge is -2.26. The molecular formula is C19H20Cl2F2N2O2. The molecule has 0 saturated heterocycles. The number of rotatable bonds is 7. The molecule has 2 aromatic carbocycles. The van der Waals surface area contributed by atoms with Crippen molar-refractivity contribution in [3.8, 4) is 5.75 Å². The van der Waals surface area contributed by atoms with Crippen molar-refractivity contribution in [2.24, 2.45) is 0 Å². The van der Waals surface area contributed by atoms with Crippen LogP contribution in [-0.2, 0) is 6.54 Å². The maximum Gasteiger partial charge on any atom is 0.317 e. The summed E-state index contributed by atoms with van der Waals surface area (Å²) < 4.78 is 29.4. The largest absolute Gasteiger partial charge is 0.488 e. The van der Waals surface area contributed by atoms with Crippen molar-refractivity contribution in [1.29, 1.82) is 0 Å². The summed E-state index contributed by atoms with van der Waals surface area (Å²) in [6.07, 6.45) is -2.54. The fourth-order valence-electron chi connectivity index (χ4n) is 2.43. The molecule has 8 heteroatoms. The van der Waals surface area contributed by atoms with E-state index in [1.54, 1.807) is 49.5 Å². The molecule has 0 aliphatic carbocycles. The third kappa shape index (κ3) is 6.26. The maximum atomic E-state index is 12.4. The molecule has 0 bridgehead atoms. The average molecular weight is 417 g/mol. The highest BCUT2D eigenvalue weighted by Gasteiger charge is 2.19. The molecule has 0 fully saturated rings. The Morgan fingerprint density at radius 2 is 1.96 bits per heavy atom. The topological polar surface area (TPSA) is 41.6 Å². The maximum absolute atomic E-state index is 12.4. The second-order valence-corrected chi connectivity index (χ2v) is 6.80. The highest BCUT2D eigenvalue weighted by Crippen LogP contribution is 2.29. The zero-order chi connectivity index (χ0) is 20.0. The van der Waals surface area contributed by atoms with E-state index in [1.807, 2.05) is 6.92 Å². The number of nitrogens with one attached hydrogen (secondary N) is 1. The van der Waals surface area contributed by atoms with E-state index in [9.17, 15) is 13.6 Å². The summed E-state index contributed by atoms with van der Waals surface area (Å²) in [6.45, 7) is 1.42. The summed E-state index contributed by atoms with van der Waals surface area (Å²) in [4.78, 5) is 13.9. The molecule has 146 valence electrons. The van der Waals surface area contributed by atoms with Crippen LogP contribution in [0.5, 0.6) is 5.75 Å². The van der Waals surface area contributed by atoms with E-state index in [0.29, 0.717) is 15.8 Å². The molecule has 0 heterocycles. The summed E-state index contributed by atoms with van der Waals surface area (Å²) in [7, 11) is 1.66. The van der Waals surface area contributed by atoms with Crippen molar-refractivity contribution >= 4 is 29.2 Å². The Balaban J connectivity index is 1.95. The van der Waals surface area contributed by atoms with Crippen molar-refractivity contribution in [2.45, 2.75) is 25.9 Å². The minimum atomic E-state index is -2.54. The van der Waals surface area contributed by atoms with Gasteiger partial charge >= 0.3 is 6.03 Å². The van der Waals surface area contributed by atoms with Gasteiger partial charge in [-0.15, -0.1) is 0 Å². The zero-order valence-corrected chi connectivity index (χ0v) is 16.4. The summed E-state index contributed by atoms with van der Waals surface area (Å²) >= 11 is 12.1. The van der Waals surface area contributed by atoms with Gasteiger partial charge in [-0.3, -0.25) is 0 Å². The van der Waals surface area contributed by atoms with Gasteiger partial charge in [0, 0.05) is 23.6 Å². The summed E-state index contributed by atoms with van der Waals surface area (Å²) in [5, 5.41) is 3.80. The number of benzene rings is 2. The van der Waals surface area contributed by atoms with Gasteiger partial charge in [0.25, 0.3) is 6.43 Å². The second-order valence-electron chi connectivity index (χ2n) is 5.96. The van der Waals surface area contributed by atoms with Gasteiger partial charge in [0.15, 0.2) is 0 Å². The predicted molar refractivity (Wildman–Crippen MR) is 103 cm³/mol.